The third kappa shape index (κ3) is 5.69. The molecule has 3 aliphatic carbocycles. The molecule has 9 heteroatoms. The lowest BCUT2D eigenvalue weighted by Crippen LogP contribution is -2.58. The summed E-state index contributed by atoms with van der Waals surface area (Å²) >= 11 is 0. The van der Waals surface area contributed by atoms with Crippen LogP contribution in [0.4, 0.5) is 0 Å². The molecule has 2 N–H and O–H groups in total. The van der Waals surface area contributed by atoms with E-state index in [1.54, 1.807) is 18.2 Å². The largest absolute Gasteiger partial charge is 0.504 e. The lowest BCUT2D eigenvalue weighted by molar-refractivity contribution is -0.141. The fraction of sp³-hybridized carbons (Fsp3) is 0.357. The average Bonchev–Trinajstić information content (AvgIpc) is 3.38. The highest BCUT2D eigenvalue weighted by atomic mass is 16.5. The highest BCUT2D eigenvalue weighted by molar-refractivity contribution is 6.31. The standard InChI is InChI=1S/C42H41NO8/c1-2-51-34-22-26(17-20-33(34)44)38-28-18-19-29-37(41(50)43(40(29)49)21-11-5-10-16-36(46)47)31(28)23-32-39(48)30(25-12-6-3-7-13-25)24-35(45)42(32,38)27-14-8-4-9-15-27/h3-4,6-9,12-15,17-18,20,22,24,29,31-32,37-38,44H,2,5,10-11,16,19,21,23H2,1H3,(H,46,47). The molecule has 4 aliphatic rings. The van der Waals surface area contributed by atoms with Crippen LogP contribution in [0.3, 0.4) is 0 Å². The molecule has 2 fully saturated rings. The Morgan fingerprint density at radius 2 is 1.63 bits per heavy atom. The molecule has 1 saturated heterocycles. The first-order valence-electron chi connectivity index (χ1n) is 17.8. The van der Waals surface area contributed by atoms with Crippen LogP contribution in [0, 0.1) is 23.7 Å². The summed E-state index contributed by atoms with van der Waals surface area (Å²) in [6, 6.07) is 23.5. The fourth-order valence-corrected chi connectivity index (χ4v) is 9.24. The van der Waals surface area contributed by atoms with Crippen molar-refractivity contribution in [2.75, 3.05) is 13.2 Å². The number of benzene rings is 3. The van der Waals surface area contributed by atoms with E-state index in [4.69, 9.17) is 9.84 Å². The Morgan fingerprint density at radius 3 is 2.33 bits per heavy atom. The van der Waals surface area contributed by atoms with Crippen molar-refractivity contribution >= 4 is 34.9 Å². The number of phenolic OH excluding ortho intramolecular Hbond substituents is 1. The van der Waals surface area contributed by atoms with Gasteiger partial charge in [-0.3, -0.25) is 28.9 Å². The number of hydrogen-bond donors (Lipinski definition) is 2. The number of nitrogens with zero attached hydrogens (tertiary/aromatic N) is 1. The number of unbranched alkanes of at least 4 members (excludes halogenated alkanes) is 2. The van der Waals surface area contributed by atoms with Crippen molar-refractivity contribution in [3.63, 3.8) is 0 Å². The van der Waals surface area contributed by atoms with E-state index in [1.807, 2.05) is 73.7 Å². The highest BCUT2D eigenvalue weighted by Crippen LogP contribution is 2.64. The summed E-state index contributed by atoms with van der Waals surface area (Å²) in [5.74, 6) is -4.97. The van der Waals surface area contributed by atoms with Crippen LogP contribution in [0.15, 0.2) is 96.6 Å². The van der Waals surface area contributed by atoms with Gasteiger partial charge in [-0.25, -0.2) is 0 Å². The summed E-state index contributed by atoms with van der Waals surface area (Å²) in [5, 5.41) is 19.7. The maximum absolute atomic E-state index is 15.1. The molecule has 1 saturated carbocycles. The van der Waals surface area contributed by atoms with Crippen molar-refractivity contribution in [3.8, 4) is 11.5 Å². The van der Waals surface area contributed by atoms with E-state index in [0.29, 0.717) is 54.6 Å². The van der Waals surface area contributed by atoms with Crippen LogP contribution >= 0.6 is 0 Å². The predicted octanol–water partition coefficient (Wildman–Crippen LogP) is 6.26. The van der Waals surface area contributed by atoms with Gasteiger partial charge < -0.3 is 14.9 Å². The van der Waals surface area contributed by atoms with Crippen molar-refractivity contribution in [2.45, 2.75) is 56.8 Å². The number of ketones is 2. The molecule has 3 aromatic carbocycles. The third-order valence-electron chi connectivity index (χ3n) is 11.4. The summed E-state index contributed by atoms with van der Waals surface area (Å²) < 4.78 is 5.81. The molecule has 0 spiro atoms. The number of aromatic hydroxyl groups is 1. The van der Waals surface area contributed by atoms with Gasteiger partial charge in [0.2, 0.25) is 11.8 Å². The topological polar surface area (TPSA) is 138 Å². The van der Waals surface area contributed by atoms with Gasteiger partial charge in [0.25, 0.3) is 0 Å². The van der Waals surface area contributed by atoms with E-state index in [-0.39, 0.29) is 54.3 Å². The van der Waals surface area contributed by atoms with Crippen LogP contribution in [0.25, 0.3) is 5.57 Å². The van der Waals surface area contributed by atoms with Gasteiger partial charge in [-0.1, -0.05) is 84.8 Å². The van der Waals surface area contributed by atoms with Gasteiger partial charge in [-0.05, 0) is 73.4 Å². The minimum absolute atomic E-state index is 0.0306. The summed E-state index contributed by atoms with van der Waals surface area (Å²) in [6.07, 6.45) is 5.58. The zero-order valence-electron chi connectivity index (χ0n) is 28.5. The second kappa shape index (κ2) is 13.8. The predicted molar refractivity (Wildman–Crippen MR) is 189 cm³/mol. The number of allylic oxidation sites excluding steroid dienone is 4. The van der Waals surface area contributed by atoms with Gasteiger partial charge in [0.05, 0.1) is 23.9 Å². The number of hydrogen-bond acceptors (Lipinski definition) is 7. The number of imide groups is 1. The number of phenols is 1. The molecule has 2 amide bonds. The summed E-state index contributed by atoms with van der Waals surface area (Å²) in [7, 11) is 0. The van der Waals surface area contributed by atoms with E-state index >= 15 is 9.59 Å². The molecule has 262 valence electrons. The number of carbonyl (C=O) groups is 5. The highest BCUT2D eigenvalue weighted by Gasteiger charge is 2.65. The Balaban J connectivity index is 1.38. The molecule has 1 aliphatic heterocycles. The quantitative estimate of drug-likeness (QED) is 0.137. The number of carboxylic acids is 1. The number of carboxylic acid groups (broad SMARTS) is 1. The van der Waals surface area contributed by atoms with Crippen molar-refractivity contribution in [3.05, 3.63) is 113 Å². The second-order valence-corrected chi connectivity index (χ2v) is 14.0. The number of ether oxygens (including phenoxy) is 1. The van der Waals surface area contributed by atoms with Crippen molar-refractivity contribution in [1.82, 2.24) is 4.90 Å². The van der Waals surface area contributed by atoms with Crippen LogP contribution in [-0.2, 0) is 29.4 Å². The van der Waals surface area contributed by atoms with Gasteiger partial charge in [0.1, 0.15) is 0 Å². The molecule has 0 radical (unpaired) electrons. The number of fused-ring (bicyclic) bond motifs is 4. The Bertz CT molecular complexity index is 1950. The van der Waals surface area contributed by atoms with E-state index in [2.05, 4.69) is 0 Å². The van der Waals surface area contributed by atoms with Crippen molar-refractivity contribution in [1.29, 1.82) is 0 Å². The second-order valence-electron chi connectivity index (χ2n) is 14.0. The van der Waals surface area contributed by atoms with E-state index in [9.17, 15) is 19.5 Å². The molecular formula is C42H41NO8. The minimum atomic E-state index is -1.37. The Morgan fingerprint density at radius 1 is 0.902 bits per heavy atom. The van der Waals surface area contributed by atoms with Crippen LogP contribution in [0.2, 0.25) is 0 Å². The first-order valence-corrected chi connectivity index (χ1v) is 17.8. The van der Waals surface area contributed by atoms with Gasteiger partial charge in [0.15, 0.2) is 23.1 Å². The van der Waals surface area contributed by atoms with Crippen LogP contribution in [0.5, 0.6) is 11.5 Å². The lowest BCUT2D eigenvalue weighted by Gasteiger charge is -2.55. The summed E-state index contributed by atoms with van der Waals surface area (Å²) in [4.78, 5) is 70.6. The number of Topliss-reactive ketones (excluding diaryl/α,β-unsaturated/α-hetero) is 1. The number of likely N-dealkylation sites (tertiary alicyclic amines) is 1. The van der Waals surface area contributed by atoms with Crippen LogP contribution in [0.1, 0.15) is 68.1 Å². The molecular weight excluding hydrogens is 646 g/mol. The molecule has 9 nitrogen and oxygen atoms in total. The number of rotatable bonds is 11. The number of carbonyl (C=O) groups excluding carboxylic acids is 4. The van der Waals surface area contributed by atoms with Gasteiger partial charge in [-0.15, -0.1) is 0 Å². The fourth-order valence-electron chi connectivity index (χ4n) is 9.24. The first kappa shape index (κ1) is 34.2. The molecule has 1 heterocycles. The molecule has 0 aromatic heterocycles. The van der Waals surface area contributed by atoms with E-state index < -0.39 is 41.0 Å². The summed E-state index contributed by atoms with van der Waals surface area (Å²) in [6.45, 7) is 2.32. The molecule has 7 rings (SSSR count). The Hall–Kier alpha value is -5.31. The monoisotopic (exact) mass is 687 g/mol. The van der Waals surface area contributed by atoms with E-state index in [1.165, 1.54) is 11.0 Å². The van der Waals surface area contributed by atoms with Gasteiger partial charge >= 0.3 is 5.97 Å². The molecule has 3 aromatic rings. The van der Waals surface area contributed by atoms with Gasteiger partial charge in [0, 0.05) is 30.4 Å². The average molecular weight is 688 g/mol. The SMILES string of the molecule is CCOc1cc(C2C3=CCC4C(=O)N(CCCCCC(=O)O)C(=O)C4C3CC3C(=O)C(c4ccccc4)=CC(=O)C32c2ccccc2)ccc1O. The van der Waals surface area contributed by atoms with Crippen LogP contribution in [-0.4, -0.2) is 57.6 Å². The van der Waals surface area contributed by atoms with Crippen molar-refractivity contribution in [2.24, 2.45) is 23.7 Å². The van der Waals surface area contributed by atoms with Gasteiger partial charge in [-0.2, -0.15) is 0 Å². The van der Waals surface area contributed by atoms with E-state index in [0.717, 1.165) is 5.57 Å². The lowest BCUT2D eigenvalue weighted by atomic mass is 9.44. The first-order chi connectivity index (χ1) is 24.7. The van der Waals surface area contributed by atoms with Crippen molar-refractivity contribution < 1.29 is 38.9 Å². The normalized spacial score (nSPS) is 26.9. The number of aliphatic carboxylic acids is 1. The zero-order valence-corrected chi connectivity index (χ0v) is 28.5. The molecule has 51 heavy (non-hydrogen) atoms. The molecule has 6 unspecified atom stereocenters. The maximum atomic E-state index is 15.1. The molecule has 6 atom stereocenters. The summed E-state index contributed by atoms with van der Waals surface area (Å²) in [5.41, 5.74) is 1.79. The minimum Gasteiger partial charge on any atom is -0.504 e. The molecule has 0 bridgehead atoms. The maximum Gasteiger partial charge on any atom is 0.303 e. The number of amides is 2. The Labute approximate surface area is 296 Å². The smallest absolute Gasteiger partial charge is 0.303 e. The Kier molecular flexibility index (Phi) is 9.23. The van der Waals surface area contributed by atoms with Crippen LogP contribution < -0.4 is 4.74 Å². The zero-order chi connectivity index (χ0) is 35.9. The third-order valence-corrected chi connectivity index (χ3v) is 11.4.